The van der Waals surface area contributed by atoms with Crippen molar-refractivity contribution in [2.75, 3.05) is 12.8 Å². The highest BCUT2D eigenvalue weighted by atomic mass is 32.2. The van der Waals surface area contributed by atoms with Crippen molar-refractivity contribution in [3.8, 4) is 0 Å². The van der Waals surface area contributed by atoms with Crippen LogP contribution in [-0.4, -0.2) is 55.2 Å². The van der Waals surface area contributed by atoms with E-state index in [4.69, 9.17) is 5.11 Å². The Morgan fingerprint density at radius 1 is 1.24 bits per heavy atom. The molecule has 0 bridgehead atoms. The van der Waals surface area contributed by atoms with Crippen molar-refractivity contribution in [3.05, 3.63) is 0 Å². The third kappa shape index (κ3) is 8.01. The Morgan fingerprint density at radius 3 is 2.10 bits per heavy atom. The number of sulfonamides is 1. The average Bonchev–Trinajstić information content (AvgIpc) is 2.25. The molecule has 2 unspecified atom stereocenters. The van der Waals surface area contributed by atoms with Gasteiger partial charge in [0.1, 0.15) is 6.04 Å². The Kier molecular flexibility index (Phi) is 7.87. The molecule has 0 rings (SSSR count). The summed E-state index contributed by atoms with van der Waals surface area (Å²) in [5.41, 5.74) is 0. The molecule has 0 aromatic heterocycles. The van der Waals surface area contributed by atoms with E-state index in [1.54, 1.807) is 13.8 Å². The molecule has 124 valence electrons. The number of likely N-dealkylation sites (N-methyl/N-ethyl adjacent to an activating group) is 1. The topological polar surface area (TPSA) is 104 Å². The van der Waals surface area contributed by atoms with Gasteiger partial charge >= 0.3 is 5.97 Å². The Balaban J connectivity index is 5.17. The van der Waals surface area contributed by atoms with Gasteiger partial charge in [0.2, 0.25) is 15.9 Å². The maximum Gasteiger partial charge on any atom is 0.305 e. The lowest BCUT2D eigenvalue weighted by Crippen LogP contribution is -2.51. The first-order valence-corrected chi connectivity index (χ1v) is 8.86. The van der Waals surface area contributed by atoms with Crippen molar-refractivity contribution in [3.63, 3.8) is 0 Å². The Hall–Kier alpha value is -1.15. The van der Waals surface area contributed by atoms with E-state index in [0.717, 1.165) is 6.26 Å². The first-order valence-electron chi connectivity index (χ1n) is 6.97. The third-order valence-corrected chi connectivity index (χ3v) is 3.70. The predicted octanol–water partition coefficient (Wildman–Crippen LogP) is 0.662. The van der Waals surface area contributed by atoms with Crippen LogP contribution >= 0.6 is 0 Å². The molecule has 0 aromatic rings. The van der Waals surface area contributed by atoms with Crippen LogP contribution < -0.4 is 4.72 Å². The van der Waals surface area contributed by atoms with E-state index in [1.165, 1.54) is 4.90 Å². The number of carbonyl (C=O) groups excluding carboxylic acids is 1. The maximum atomic E-state index is 12.5. The predicted molar refractivity (Wildman–Crippen MR) is 80.3 cm³/mol. The molecule has 1 amide bonds. The lowest BCUT2D eigenvalue weighted by molar-refractivity contribution is -0.141. The van der Waals surface area contributed by atoms with Gasteiger partial charge in [-0.15, -0.1) is 0 Å². The number of aliphatic carboxylic acids is 1. The number of carboxylic acids is 1. The van der Waals surface area contributed by atoms with Crippen LogP contribution in [0.15, 0.2) is 0 Å². The summed E-state index contributed by atoms with van der Waals surface area (Å²) >= 11 is 0. The number of amides is 1. The van der Waals surface area contributed by atoms with Crippen LogP contribution in [0.5, 0.6) is 0 Å². The molecule has 0 aromatic carbocycles. The van der Waals surface area contributed by atoms with E-state index < -0.39 is 28.1 Å². The monoisotopic (exact) mass is 322 g/mol. The molecule has 0 heterocycles. The molecular formula is C13H26N2O5S. The molecule has 0 fully saturated rings. The first kappa shape index (κ1) is 19.9. The molecule has 0 radical (unpaired) electrons. The summed E-state index contributed by atoms with van der Waals surface area (Å²) < 4.78 is 25.2. The number of hydrogen-bond donors (Lipinski definition) is 2. The molecule has 0 saturated carbocycles. The molecule has 0 aliphatic carbocycles. The fourth-order valence-electron chi connectivity index (χ4n) is 2.18. The second-order valence-electron chi connectivity index (χ2n) is 5.64. The van der Waals surface area contributed by atoms with Crippen LogP contribution in [0.4, 0.5) is 0 Å². The largest absolute Gasteiger partial charge is 0.481 e. The second-order valence-corrected chi connectivity index (χ2v) is 7.42. The molecular weight excluding hydrogens is 296 g/mol. The van der Waals surface area contributed by atoms with Crippen LogP contribution in [-0.2, 0) is 19.6 Å². The zero-order chi connectivity index (χ0) is 16.8. The Morgan fingerprint density at radius 2 is 1.76 bits per heavy atom. The zero-order valence-corrected chi connectivity index (χ0v) is 14.1. The molecule has 0 saturated heterocycles. The van der Waals surface area contributed by atoms with Gasteiger partial charge in [0.25, 0.3) is 0 Å². The SMILES string of the molecule is CCN(C(=O)C(CC(C)C)NS(C)(=O)=O)C(C)CC(=O)O. The summed E-state index contributed by atoms with van der Waals surface area (Å²) in [6, 6.07) is -1.35. The number of nitrogens with zero attached hydrogens (tertiary/aromatic N) is 1. The van der Waals surface area contributed by atoms with Gasteiger partial charge in [-0.25, -0.2) is 13.1 Å². The highest BCUT2D eigenvalue weighted by Gasteiger charge is 2.30. The van der Waals surface area contributed by atoms with Crippen molar-refractivity contribution in [2.24, 2.45) is 5.92 Å². The highest BCUT2D eigenvalue weighted by Crippen LogP contribution is 2.12. The number of rotatable bonds is 9. The number of carbonyl (C=O) groups is 2. The molecule has 8 heteroatoms. The molecule has 2 atom stereocenters. The van der Waals surface area contributed by atoms with Crippen LogP contribution in [0.25, 0.3) is 0 Å². The van der Waals surface area contributed by atoms with Gasteiger partial charge in [0.15, 0.2) is 0 Å². The molecule has 21 heavy (non-hydrogen) atoms. The summed E-state index contributed by atoms with van der Waals surface area (Å²) in [4.78, 5) is 24.7. The quantitative estimate of drug-likeness (QED) is 0.649. The number of nitrogens with one attached hydrogen (secondary N) is 1. The van der Waals surface area contributed by atoms with Crippen molar-refractivity contribution in [2.45, 2.75) is 52.6 Å². The fraction of sp³-hybridized carbons (Fsp3) is 0.846. The minimum Gasteiger partial charge on any atom is -0.481 e. The summed E-state index contributed by atoms with van der Waals surface area (Å²) in [5.74, 6) is -1.25. The van der Waals surface area contributed by atoms with Gasteiger partial charge in [-0.1, -0.05) is 13.8 Å². The van der Waals surface area contributed by atoms with E-state index in [1.807, 2.05) is 13.8 Å². The van der Waals surface area contributed by atoms with Crippen molar-refractivity contribution >= 4 is 21.9 Å². The zero-order valence-electron chi connectivity index (χ0n) is 13.3. The van der Waals surface area contributed by atoms with E-state index >= 15 is 0 Å². The van der Waals surface area contributed by atoms with E-state index in [-0.39, 0.29) is 18.2 Å². The van der Waals surface area contributed by atoms with E-state index in [2.05, 4.69) is 4.72 Å². The lowest BCUT2D eigenvalue weighted by Gasteiger charge is -2.31. The third-order valence-electron chi connectivity index (χ3n) is 2.99. The van der Waals surface area contributed by atoms with Gasteiger partial charge in [0.05, 0.1) is 12.7 Å². The molecule has 2 N–H and O–H groups in total. The minimum absolute atomic E-state index is 0.127. The average molecular weight is 322 g/mol. The first-order chi connectivity index (χ1) is 9.47. The molecule has 7 nitrogen and oxygen atoms in total. The van der Waals surface area contributed by atoms with Crippen LogP contribution in [0.3, 0.4) is 0 Å². The molecule has 0 aliphatic heterocycles. The maximum absolute atomic E-state index is 12.5. The summed E-state index contributed by atoms with van der Waals surface area (Å²) in [7, 11) is -3.52. The minimum atomic E-state index is -3.52. The standard InChI is InChI=1S/C13H26N2O5S/c1-6-15(10(4)8-12(16)17)13(18)11(7-9(2)3)14-21(5,19)20/h9-11,14H,6-8H2,1-5H3,(H,16,17). The Labute approximate surface area is 126 Å². The molecule has 0 aliphatic rings. The van der Waals surface area contributed by atoms with Crippen molar-refractivity contribution < 1.29 is 23.1 Å². The van der Waals surface area contributed by atoms with Gasteiger partial charge in [-0.2, -0.15) is 0 Å². The van der Waals surface area contributed by atoms with Gasteiger partial charge in [0, 0.05) is 12.6 Å². The van der Waals surface area contributed by atoms with Gasteiger partial charge in [-0.05, 0) is 26.2 Å². The summed E-state index contributed by atoms with van der Waals surface area (Å²) in [6.45, 7) is 7.49. The molecule has 0 spiro atoms. The van der Waals surface area contributed by atoms with Gasteiger partial charge < -0.3 is 10.0 Å². The lowest BCUT2D eigenvalue weighted by atomic mass is 10.0. The van der Waals surface area contributed by atoms with Crippen LogP contribution in [0, 0.1) is 5.92 Å². The number of hydrogen-bond acceptors (Lipinski definition) is 4. The second kappa shape index (κ2) is 8.33. The van der Waals surface area contributed by atoms with Crippen molar-refractivity contribution in [1.29, 1.82) is 0 Å². The van der Waals surface area contributed by atoms with Crippen molar-refractivity contribution in [1.82, 2.24) is 9.62 Å². The smallest absolute Gasteiger partial charge is 0.305 e. The summed E-state index contributed by atoms with van der Waals surface area (Å²) in [6.07, 6.45) is 1.19. The number of carboxylic acid groups (broad SMARTS) is 1. The van der Waals surface area contributed by atoms with E-state index in [0.29, 0.717) is 13.0 Å². The summed E-state index contributed by atoms with van der Waals surface area (Å²) in [5, 5.41) is 8.83. The van der Waals surface area contributed by atoms with E-state index in [9.17, 15) is 18.0 Å². The van der Waals surface area contributed by atoms with Gasteiger partial charge in [-0.3, -0.25) is 9.59 Å². The fourth-order valence-corrected chi connectivity index (χ4v) is 2.89. The Bertz CT molecular complexity index is 461. The van der Waals surface area contributed by atoms with Crippen LogP contribution in [0.1, 0.15) is 40.5 Å². The van der Waals surface area contributed by atoms with Crippen LogP contribution in [0.2, 0.25) is 0 Å². The normalized spacial score (nSPS) is 14.8. The highest BCUT2D eigenvalue weighted by molar-refractivity contribution is 7.88.